The molecule has 1 atom stereocenters. The molecular formula is C12H16BrFN2. The number of rotatable bonds is 2. The van der Waals surface area contributed by atoms with Crippen molar-refractivity contribution in [1.29, 1.82) is 0 Å². The zero-order chi connectivity index (χ0) is 11.5. The summed E-state index contributed by atoms with van der Waals surface area (Å²) in [7, 11) is 0. The van der Waals surface area contributed by atoms with Gasteiger partial charge in [0.1, 0.15) is 5.82 Å². The standard InChI is InChI=1S/C12H16BrFN2/c1-9(16-7-5-15-6-8-16)10-3-2-4-11(13)12(10)14/h2-4,9,15H,5-8H2,1H3/t9-/m1/s1. The van der Waals surface area contributed by atoms with Crippen LogP contribution in [0.2, 0.25) is 0 Å². The molecule has 1 aliphatic rings. The van der Waals surface area contributed by atoms with Gasteiger partial charge in [-0.1, -0.05) is 12.1 Å². The molecule has 0 spiro atoms. The summed E-state index contributed by atoms with van der Waals surface area (Å²) in [6, 6.07) is 5.64. The number of piperazine rings is 1. The minimum absolute atomic E-state index is 0.131. The summed E-state index contributed by atoms with van der Waals surface area (Å²) in [4.78, 5) is 2.31. The minimum Gasteiger partial charge on any atom is -0.314 e. The highest BCUT2D eigenvalue weighted by Gasteiger charge is 2.21. The zero-order valence-corrected chi connectivity index (χ0v) is 10.9. The minimum atomic E-state index is -0.131. The molecule has 2 nitrogen and oxygen atoms in total. The SMILES string of the molecule is C[C@H](c1cccc(Br)c1F)N1CCNCC1. The third-order valence-corrected chi connectivity index (χ3v) is 3.74. The molecule has 0 aromatic heterocycles. The van der Waals surface area contributed by atoms with Crippen LogP contribution in [0, 0.1) is 5.82 Å². The Labute approximate surface area is 104 Å². The van der Waals surface area contributed by atoms with Crippen LogP contribution in [0.3, 0.4) is 0 Å². The number of nitrogens with zero attached hydrogens (tertiary/aromatic N) is 1. The lowest BCUT2D eigenvalue weighted by atomic mass is 10.1. The van der Waals surface area contributed by atoms with E-state index in [4.69, 9.17) is 0 Å². The normalized spacial score (nSPS) is 19.7. The molecule has 0 aliphatic carbocycles. The van der Waals surface area contributed by atoms with Crippen molar-refractivity contribution in [3.05, 3.63) is 34.1 Å². The molecule has 0 radical (unpaired) electrons. The Morgan fingerprint density at radius 1 is 1.38 bits per heavy atom. The van der Waals surface area contributed by atoms with E-state index in [-0.39, 0.29) is 11.9 Å². The fourth-order valence-electron chi connectivity index (χ4n) is 2.11. The first-order chi connectivity index (χ1) is 7.70. The molecule has 1 N–H and O–H groups in total. The van der Waals surface area contributed by atoms with E-state index in [1.54, 1.807) is 6.07 Å². The van der Waals surface area contributed by atoms with Crippen LogP contribution in [0.1, 0.15) is 18.5 Å². The van der Waals surface area contributed by atoms with Crippen LogP contribution in [0.5, 0.6) is 0 Å². The summed E-state index contributed by atoms with van der Waals surface area (Å²) in [5.41, 5.74) is 0.774. The van der Waals surface area contributed by atoms with Crippen molar-refractivity contribution in [2.24, 2.45) is 0 Å². The quantitative estimate of drug-likeness (QED) is 0.899. The van der Waals surface area contributed by atoms with Gasteiger partial charge in [-0.2, -0.15) is 0 Å². The smallest absolute Gasteiger partial charge is 0.142 e. The monoisotopic (exact) mass is 286 g/mol. The van der Waals surface area contributed by atoms with Gasteiger partial charge >= 0.3 is 0 Å². The average molecular weight is 287 g/mol. The van der Waals surface area contributed by atoms with E-state index in [0.717, 1.165) is 31.7 Å². The van der Waals surface area contributed by atoms with Gasteiger partial charge < -0.3 is 5.32 Å². The van der Waals surface area contributed by atoms with Gasteiger partial charge in [0.25, 0.3) is 0 Å². The number of hydrogen-bond acceptors (Lipinski definition) is 2. The first-order valence-electron chi connectivity index (χ1n) is 5.59. The Bertz CT molecular complexity index is 364. The average Bonchev–Trinajstić information content (AvgIpc) is 2.33. The molecule has 0 bridgehead atoms. The van der Waals surface area contributed by atoms with Crippen LogP contribution in [-0.2, 0) is 0 Å². The Hall–Kier alpha value is -0.450. The largest absolute Gasteiger partial charge is 0.314 e. The van der Waals surface area contributed by atoms with E-state index in [1.165, 1.54) is 0 Å². The Morgan fingerprint density at radius 2 is 2.06 bits per heavy atom. The summed E-state index contributed by atoms with van der Waals surface area (Å²) in [5.74, 6) is -0.131. The lowest BCUT2D eigenvalue weighted by Crippen LogP contribution is -2.44. The molecule has 1 aliphatic heterocycles. The van der Waals surface area contributed by atoms with Gasteiger partial charge in [-0.05, 0) is 28.9 Å². The van der Waals surface area contributed by atoms with Crippen LogP contribution in [0.25, 0.3) is 0 Å². The second kappa shape index (κ2) is 5.25. The molecule has 1 aromatic carbocycles. The van der Waals surface area contributed by atoms with Crippen LogP contribution < -0.4 is 5.32 Å². The summed E-state index contributed by atoms with van der Waals surface area (Å²) in [6.45, 7) is 6.00. The molecule has 16 heavy (non-hydrogen) atoms. The first kappa shape index (κ1) is 12.0. The number of nitrogens with one attached hydrogen (secondary N) is 1. The number of hydrogen-bond donors (Lipinski definition) is 1. The predicted molar refractivity (Wildman–Crippen MR) is 67.0 cm³/mol. The summed E-state index contributed by atoms with van der Waals surface area (Å²) >= 11 is 3.23. The molecule has 1 heterocycles. The Balaban J connectivity index is 2.19. The lowest BCUT2D eigenvalue weighted by molar-refractivity contribution is 0.182. The molecule has 0 amide bonds. The molecule has 2 rings (SSSR count). The van der Waals surface area contributed by atoms with Crippen LogP contribution >= 0.6 is 15.9 Å². The van der Waals surface area contributed by atoms with Crippen LogP contribution in [0.15, 0.2) is 22.7 Å². The van der Waals surface area contributed by atoms with Gasteiger partial charge in [0, 0.05) is 37.8 Å². The lowest BCUT2D eigenvalue weighted by Gasteiger charge is -2.33. The molecule has 1 fully saturated rings. The van der Waals surface area contributed by atoms with Crippen molar-refractivity contribution in [1.82, 2.24) is 10.2 Å². The predicted octanol–water partition coefficient (Wildman–Crippen LogP) is 2.55. The summed E-state index contributed by atoms with van der Waals surface area (Å²) < 4.78 is 14.5. The molecule has 0 saturated carbocycles. The van der Waals surface area contributed by atoms with Gasteiger partial charge in [0.05, 0.1) is 4.47 Å². The van der Waals surface area contributed by atoms with E-state index in [1.807, 2.05) is 12.1 Å². The van der Waals surface area contributed by atoms with Gasteiger partial charge in [0.15, 0.2) is 0 Å². The van der Waals surface area contributed by atoms with Crippen molar-refractivity contribution in [2.45, 2.75) is 13.0 Å². The second-order valence-corrected chi connectivity index (χ2v) is 4.96. The molecule has 1 aromatic rings. The molecule has 0 unspecified atom stereocenters. The third-order valence-electron chi connectivity index (χ3n) is 3.13. The second-order valence-electron chi connectivity index (χ2n) is 4.10. The Morgan fingerprint density at radius 3 is 2.75 bits per heavy atom. The number of benzene rings is 1. The van der Waals surface area contributed by atoms with Crippen molar-refractivity contribution < 1.29 is 4.39 Å². The van der Waals surface area contributed by atoms with Gasteiger partial charge in [-0.25, -0.2) is 4.39 Å². The fourth-order valence-corrected chi connectivity index (χ4v) is 2.49. The first-order valence-corrected chi connectivity index (χ1v) is 6.38. The number of halogens is 2. The van der Waals surface area contributed by atoms with Gasteiger partial charge in [-0.3, -0.25) is 4.90 Å². The van der Waals surface area contributed by atoms with Crippen LogP contribution in [0.4, 0.5) is 4.39 Å². The van der Waals surface area contributed by atoms with Crippen LogP contribution in [-0.4, -0.2) is 31.1 Å². The highest BCUT2D eigenvalue weighted by atomic mass is 79.9. The highest BCUT2D eigenvalue weighted by molar-refractivity contribution is 9.10. The molecule has 1 saturated heterocycles. The fraction of sp³-hybridized carbons (Fsp3) is 0.500. The zero-order valence-electron chi connectivity index (χ0n) is 9.34. The third kappa shape index (κ3) is 2.44. The van der Waals surface area contributed by atoms with E-state index in [2.05, 4.69) is 33.1 Å². The van der Waals surface area contributed by atoms with E-state index < -0.39 is 0 Å². The molecular weight excluding hydrogens is 271 g/mol. The molecule has 88 valence electrons. The van der Waals surface area contributed by atoms with Gasteiger partial charge in [-0.15, -0.1) is 0 Å². The van der Waals surface area contributed by atoms with E-state index >= 15 is 0 Å². The van der Waals surface area contributed by atoms with E-state index in [0.29, 0.717) is 4.47 Å². The maximum Gasteiger partial charge on any atom is 0.142 e. The summed E-state index contributed by atoms with van der Waals surface area (Å²) in [5, 5.41) is 3.30. The van der Waals surface area contributed by atoms with Crippen molar-refractivity contribution in [2.75, 3.05) is 26.2 Å². The van der Waals surface area contributed by atoms with Crippen molar-refractivity contribution in [3.8, 4) is 0 Å². The topological polar surface area (TPSA) is 15.3 Å². The van der Waals surface area contributed by atoms with Crippen molar-refractivity contribution >= 4 is 15.9 Å². The maximum absolute atomic E-state index is 13.9. The van der Waals surface area contributed by atoms with Crippen molar-refractivity contribution in [3.63, 3.8) is 0 Å². The van der Waals surface area contributed by atoms with Gasteiger partial charge in [0.2, 0.25) is 0 Å². The van der Waals surface area contributed by atoms with E-state index in [9.17, 15) is 4.39 Å². The Kier molecular flexibility index (Phi) is 3.95. The maximum atomic E-state index is 13.9. The highest BCUT2D eigenvalue weighted by Crippen LogP contribution is 2.27. The molecule has 4 heteroatoms. The summed E-state index contributed by atoms with van der Waals surface area (Å²) in [6.07, 6.45) is 0.